The zero-order valence-corrected chi connectivity index (χ0v) is 24.4. The van der Waals surface area contributed by atoms with Gasteiger partial charge in [0.2, 0.25) is 0 Å². The minimum absolute atomic E-state index is 0.137. The molecule has 0 radical (unpaired) electrons. The van der Waals surface area contributed by atoms with Crippen molar-refractivity contribution in [2.45, 2.75) is 46.7 Å². The molecule has 0 spiro atoms. The van der Waals surface area contributed by atoms with Crippen molar-refractivity contribution < 1.29 is 23.5 Å². The number of nitrogens with one attached hydrogen (secondary N) is 1. The second-order valence-corrected chi connectivity index (χ2v) is 11.6. The fourth-order valence-electron chi connectivity index (χ4n) is 5.27. The van der Waals surface area contributed by atoms with Gasteiger partial charge in [0.25, 0.3) is 5.91 Å². The van der Waals surface area contributed by atoms with E-state index in [9.17, 15) is 18.4 Å². The third-order valence-electron chi connectivity index (χ3n) is 7.19. The largest absolute Gasteiger partial charge is 0.465 e. The van der Waals surface area contributed by atoms with Gasteiger partial charge in [0.05, 0.1) is 6.04 Å². The molecule has 4 rings (SSSR count). The summed E-state index contributed by atoms with van der Waals surface area (Å²) in [6, 6.07) is 21.9. The summed E-state index contributed by atoms with van der Waals surface area (Å²) in [6.07, 6.45) is 1.07. The van der Waals surface area contributed by atoms with Crippen LogP contribution in [0.25, 0.3) is 11.1 Å². The molecule has 2 N–H and O–H groups in total. The number of carbonyl (C=O) groups excluding carboxylic acids is 1. The molecule has 0 aliphatic rings. The van der Waals surface area contributed by atoms with Crippen molar-refractivity contribution in [1.29, 1.82) is 0 Å². The molecule has 0 saturated carbocycles. The summed E-state index contributed by atoms with van der Waals surface area (Å²) in [4.78, 5) is 27.0. The summed E-state index contributed by atoms with van der Waals surface area (Å²) < 4.78 is 31.2. The van der Waals surface area contributed by atoms with Gasteiger partial charge >= 0.3 is 6.09 Å². The quantitative estimate of drug-likeness (QED) is 0.191. The molecule has 1 aromatic heterocycles. The summed E-state index contributed by atoms with van der Waals surface area (Å²) in [5.74, 6) is -1.28. The standard InChI is InChI=1S/C34H37F2N3O3/c1-23-11-13-25(14-12-23)32(40)39(18-8-17-37-33(41)42)31(34(2,3)4)30-19-26(28-20-27(35)15-16-29(28)36)22-38(30)21-24-9-6-5-7-10-24/h5-7,9-16,19-20,22,31,37H,8,17-18,21H2,1-4H3,(H,41,42). The highest BCUT2D eigenvalue weighted by Gasteiger charge is 2.37. The summed E-state index contributed by atoms with van der Waals surface area (Å²) in [7, 11) is 0. The highest BCUT2D eigenvalue weighted by molar-refractivity contribution is 5.94. The molecule has 1 heterocycles. The Morgan fingerprint density at radius 3 is 2.31 bits per heavy atom. The Morgan fingerprint density at radius 2 is 1.67 bits per heavy atom. The van der Waals surface area contributed by atoms with E-state index in [0.29, 0.717) is 24.1 Å². The van der Waals surface area contributed by atoms with Crippen LogP contribution in [-0.2, 0) is 6.54 Å². The first-order valence-electron chi connectivity index (χ1n) is 14.0. The van der Waals surface area contributed by atoms with Gasteiger partial charge in [-0.2, -0.15) is 0 Å². The van der Waals surface area contributed by atoms with E-state index in [2.05, 4.69) is 5.32 Å². The van der Waals surface area contributed by atoms with Crippen molar-refractivity contribution in [2.24, 2.45) is 5.41 Å². The van der Waals surface area contributed by atoms with Crippen LogP contribution in [0.15, 0.2) is 85.1 Å². The number of hydrogen-bond acceptors (Lipinski definition) is 2. The van der Waals surface area contributed by atoms with Gasteiger partial charge in [-0.3, -0.25) is 4.79 Å². The molecule has 0 aliphatic heterocycles. The molecule has 0 bridgehead atoms. The molecule has 4 aromatic rings. The number of halogens is 2. The van der Waals surface area contributed by atoms with E-state index in [1.54, 1.807) is 23.2 Å². The maximum absolute atomic E-state index is 15.0. The predicted molar refractivity (Wildman–Crippen MR) is 160 cm³/mol. The lowest BCUT2D eigenvalue weighted by molar-refractivity contribution is 0.0491. The molecule has 0 aliphatic carbocycles. The topological polar surface area (TPSA) is 74.6 Å². The second kappa shape index (κ2) is 13.0. The van der Waals surface area contributed by atoms with Crippen LogP contribution in [0.4, 0.5) is 13.6 Å². The number of carboxylic acid groups (broad SMARTS) is 1. The van der Waals surface area contributed by atoms with Crippen molar-refractivity contribution in [2.75, 3.05) is 13.1 Å². The van der Waals surface area contributed by atoms with Crippen LogP contribution in [0.1, 0.15) is 60.4 Å². The Morgan fingerprint density at radius 1 is 0.976 bits per heavy atom. The predicted octanol–water partition coefficient (Wildman–Crippen LogP) is 7.68. The number of rotatable bonds is 10. The molecule has 0 fully saturated rings. The smallest absolute Gasteiger partial charge is 0.404 e. The lowest BCUT2D eigenvalue weighted by Gasteiger charge is -2.41. The van der Waals surface area contributed by atoms with E-state index < -0.39 is 29.2 Å². The summed E-state index contributed by atoms with van der Waals surface area (Å²) in [6.45, 7) is 8.95. The van der Waals surface area contributed by atoms with Gasteiger partial charge in [0.15, 0.2) is 0 Å². The van der Waals surface area contributed by atoms with E-state index in [1.165, 1.54) is 6.07 Å². The number of amides is 2. The summed E-state index contributed by atoms with van der Waals surface area (Å²) in [5, 5.41) is 11.5. The average molecular weight is 574 g/mol. The molecular formula is C34H37F2N3O3. The monoisotopic (exact) mass is 573 g/mol. The summed E-state index contributed by atoms with van der Waals surface area (Å²) in [5.41, 5.74) is 3.45. The van der Waals surface area contributed by atoms with Crippen molar-refractivity contribution in [1.82, 2.24) is 14.8 Å². The van der Waals surface area contributed by atoms with E-state index in [4.69, 9.17) is 5.11 Å². The van der Waals surface area contributed by atoms with Gasteiger partial charge in [-0.25, -0.2) is 13.6 Å². The van der Waals surface area contributed by atoms with Gasteiger partial charge in [-0.05, 0) is 60.7 Å². The van der Waals surface area contributed by atoms with Crippen molar-refractivity contribution >= 4 is 12.0 Å². The number of carbonyl (C=O) groups is 2. The Balaban J connectivity index is 1.87. The third kappa shape index (κ3) is 7.43. The SMILES string of the molecule is Cc1ccc(C(=O)N(CCCNC(=O)O)C(c2cc(-c3cc(F)ccc3F)cn2Cc2ccccc2)C(C)(C)C)cc1. The van der Waals surface area contributed by atoms with Crippen LogP contribution in [-0.4, -0.2) is 39.7 Å². The normalized spacial score (nSPS) is 12.1. The molecular weight excluding hydrogens is 536 g/mol. The number of benzene rings is 3. The van der Waals surface area contributed by atoms with Crippen LogP contribution in [0.3, 0.4) is 0 Å². The van der Waals surface area contributed by atoms with Gasteiger partial charge < -0.3 is 19.9 Å². The maximum atomic E-state index is 15.0. The molecule has 42 heavy (non-hydrogen) atoms. The van der Waals surface area contributed by atoms with Crippen molar-refractivity contribution in [3.05, 3.63) is 119 Å². The number of aromatic nitrogens is 1. The van der Waals surface area contributed by atoms with Gasteiger partial charge in [0.1, 0.15) is 11.6 Å². The van der Waals surface area contributed by atoms with Crippen LogP contribution < -0.4 is 5.32 Å². The van der Waals surface area contributed by atoms with Crippen molar-refractivity contribution in [3.8, 4) is 11.1 Å². The van der Waals surface area contributed by atoms with Crippen molar-refractivity contribution in [3.63, 3.8) is 0 Å². The Hall–Kier alpha value is -4.46. The lowest BCUT2D eigenvalue weighted by atomic mass is 9.82. The average Bonchev–Trinajstić information content (AvgIpc) is 3.33. The highest BCUT2D eigenvalue weighted by atomic mass is 19.1. The first-order chi connectivity index (χ1) is 19.9. The zero-order chi connectivity index (χ0) is 30.4. The molecule has 220 valence electrons. The number of hydrogen-bond donors (Lipinski definition) is 2. The maximum Gasteiger partial charge on any atom is 0.404 e. The van der Waals surface area contributed by atoms with E-state index in [0.717, 1.165) is 29.0 Å². The fraction of sp³-hybridized carbons (Fsp3) is 0.294. The number of aryl methyl sites for hydroxylation is 1. The van der Waals surface area contributed by atoms with E-state index in [-0.39, 0.29) is 24.6 Å². The molecule has 2 amide bonds. The zero-order valence-electron chi connectivity index (χ0n) is 24.4. The molecule has 3 aromatic carbocycles. The Kier molecular flexibility index (Phi) is 9.45. The molecule has 6 nitrogen and oxygen atoms in total. The third-order valence-corrected chi connectivity index (χ3v) is 7.19. The first kappa shape index (κ1) is 30.5. The Labute approximate surface area is 245 Å². The van der Waals surface area contributed by atoms with E-state index >= 15 is 0 Å². The molecule has 1 unspecified atom stereocenters. The van der Waals surface area contributed by atoms with Gasteiger partial charge in [-0.15, -0.1) is 0 Å². The van der Waals surface area contributed by atoms with E-state index in [1.807, 2.05) is 80.8 Å². The van der Waals surface area contributed by atoms with Crippen LogP contribution in [0.2, 0.25) is 0 Å². The minimum atomic E-state index is -1.13. The lowest BCUT2D eigenvalue weighted by Crippen LogP contribution is -2.43. The first-order valence-corrected chi connectivity index (χ1v) is 14.0. The van der Waals surface area contributed by atoms with Crippen LogP contribution >= 0.6 is 0 Å². The van der Waals surface area contributed by atoms with Crippen LogP contribution in [0.5, 0.6) is 0 Å². The van der Waals surface area contributed by atoms with Crippen LogP contribution in [0, 0.1) is 24.0 Å². The molecule has 8 heteroatoms. The summed E-state index contributed by atoms with van der Waals surface area (Å²) >= 11 is 0. The minimum Gasteiger partial charge on any atom is -0.465 e. The fourth-order valence-corrected chi connectivity index (χ4v) is 5.27. The molecule has 0 saturated heterocycles. The number of nitrogens with zero attached hydrogens (tertiary/aromatic N) is 2. The van der Waals surface area contributed by atoms with Gasteiger partial charge in [-0.1, -0.05) is 68.8 Å². The van der Waals surface area contributed by atoms with Gasteiger partial charge in [0, 0.05) is 48.2 Å². The second-order valence-electron chi connectivity index (χ2n) is 11.6. The Bertz CT molecular complexity index is 1530. The molecule has 1 atom stereocenters. The highest BCUT2D eigenvalue weighted by Crippen LogP contribution is 2.41.